The molecule has 0 N–H and O–H groups in total. The summed E-state index contributed by atoms with van der Waals surface area (Å²) in [6.45, 7) is 0. The predicted octanol–water partition coefficient (Wildman–Crippen LogP) is 1.15. The molecule has 0 amide bonds. The van der Waals surface area contributed by atoms with Gasteiger partial charge in [0.25, 0.3) is 0 Å². The Morgan fingerprint density at radius 2 is 2.00 bits per heavy atom. The maximum Gasteiger partial charge on any atom is 0.306 e. The number of nitrogens with zero attached hydrogens (tertiary/aromatic N) is 2. The van der Waals surface area contributed by atoms with Gasteiger partial charge in [-0.25, -0.2) is 5.01 Å². The van der Waals surface area contributed by atoms with Crippen LogP contribution in [0.5, 0.6) is 11.5 Å². The zero-order chi connectivity index (χ0) is 13.1. The van der Waals surface area contributed by atoms with E-state index in [1.54, 1.807) is 0 Å². The van der Waals surface area contributed by atoms with Crippen molar-refractivity contribution in [3.8, 4) is 11.5 Å². The Morgan fingerprint density at radius 3 is 2.47 bits per heavy atom. The van der Waals surface area contributed by atoms with Crippen molar-refractivity contribution in [1.29, 1.82) is 0 Å². The topological polar surface area (TPSA) is 85.3 Å². The Hall–Kier alpha value is -1.83. The number of anilines is 1. The summed E-state index contributed by atoms with van der Waals surface area (Å²) in [6.07, 6.45) is 0.929. The summed E-state index contributed by atoms with van der Waals surface area (Å²) in [7, 11) is -0.777. The third-order valence-electron chi connectivity index (χ3n) is 1.87. The van der Waals surface area contributed by atoms with Crippen LogP contribution < -0.4 is 13.9 Å². The first-order valence-corrected chi connectivity index (χ1v) is 6.33. The van der Waals surface area contributed by atoms with Crippen LogP contribution in [0.25, 0.3) is 0 Å². The monoisotopic (exact) mass is 260 g/mol. The molecule has 0 bridgehead atoms. The number of methoxy groups -OCH3 is 1. The first kappa shape index (κ1) is 13.2. The van der Waals surface area contributed by atoms with Gasteiger partial charge in [-0.1, -0.05) is 0 Å². The molecule has 0 unspecified atom stereocenters. The number of hydrogen-bond acceptors (Lipinski definition) is 6. The average molecular weight is 260 g/mol. The van der Waals surface area contributed by atoms with Gasteiger partial charge in [-0.2, -0.15) is 8.42 Å². The second-order valence-corrected chi connectivity index (χ2v) is 4.80. The van der Waals surface area contributed by atoms with Crippen LogP contribution in [0.4, 0.5) is 5.69 Å². The Balaban J connectivity index is 3.17. The summed E-state index contributed by atoms with van der Waals surface area (Å²) in [5.74, 6) is 0.465. The van der Waals surface area contributed by atoms with Gasteiger partial charge in [-0.15, -0.1) is 4.91 Å². The smallest absolute Gasteiger partial charge is 0.306 e. The highest BCUT2D eigenvalue weighted by atomic mass is 32.2. The largest absolute Gasteiger partial charge is 0.495 e. The van der Waals surface area contributed by atoms with Crippen molar-refractivity contribution in [2.45, 2.75) is 0 Å². The molecular weight excluding hydrogens is 248 g/mol. The third kappa shape index (κ3) is 3.59. The quantitative estimate of drug-likeness (QED) is 0.448. The lowest BCUT2D eigenvalue weighted by molar-refractivity contribution is 0.414. The van der Waals surface area contributed by atoms with Gasteiger partial charge in [0.1, 0.15) is 17.2 Å². The van der Waals surface area contributed by atoms with E-state index in [-0.39, 0.29) is 5.75 Å². The lowest BCUT2D eigenvalue weighted by Crippen LogP contribution is -2.10. The minimum atomic E-state index is -3.61. The summed E-state index contributed by atoms with van der Waals surface area (Å²) >= 11 is 0. The van der Waals surface area contributed by atoms with Crippen LogP contribution in [0.1, 0.15) is 0 Å². The van der Waals surface area contributed by atoms with Gasteiger partial charge in [0.05, 0.1) is 18.7 Å². The molecule has 0 fully saturated rings. The number of benzene rings is 1. The zero-order valence-corrected chi connectivity index (χ0v) is 10.4. The standard InChI is InChI=1S/C9H12N2O5S/c1-11(10-12)8-6-7(16-17(3,13)14)4-5-9(8)15-2/h4-6H,1-3H3. The second-order valence-electron chi connectivity index (χ2n) is 3.23. The van der Waals surface area contributed by atoms with E-state index >= 15 is 0 Å². The number of hydrogen-bond donors (Lipinski definition) is 0. The average Bonchev–Trinajstić information content (AvgIpc) is 2.25. The zero-order valence-electron chi connectivity index (χ0n) is 9.58. The number of rotatable bonds is 5. The molecule has 0 spiro atoms. The van der Waals surface area contributed by atoms with E-state index < -0.39 is 10.1 Å². The summed E-state index contributed by atoms with van der Waals surface area (Å²) in [5.41, 5.74) is 0.309. The van der Waals surface area contributed by atoms with E-state index in [4.69, 9.17) is 4.74 Å². The van der Waals surface area contributed by atoms with Gasteiger partial charge in [-0.3, -0.25) is 0 Å². The lowest BCUT2D eigenvalue weighted by Gasteiger charge is -2.14. The summed E-state index contributed by atoms with van der Waals surface area (Å²) in [6, 6.07) is 4.25. The molecule has 0 heterocycles. The summed E-state index contributed by atoms with van der Waals surface area (Å²) in [4.78, 5) is 10.4. The van der Waals surface area contributed by atoms with E-state index in [2.05, 4.69) is 9.47 Å². The highest BCUT2D eigenvalue weighted by Crippen LogP contribution is 2.32. The van der Waals surface area contributed by atoms with E-state index in [1.165, 1.54) is 32.4 Å². The maximum atomic E-state index is 11.0. The lowest BCUT2D eigenvalue weighted by atomic mass is 10.2. The summed E-state index contributed by atoms with van der Waals surface area (Å²) in [5, 5.41) is 3.71. The van der Waals surface area contributed by atoms with Crippen LogP contribution in [-0.2, 0) is 10.1 Å². The van der Waals surface area contributed by atoms with Crippen LogP contribution in [-0.4, -0.2) is 28.8 Å². The molecule has 1 aromatic rings. The molecule has 7 nitrogen and oxygen atoms in total. The van der Waals surface area contributed by atoms with Crippen molar-refractivity contribution in [3.05, 3.63) is 23.1 Å². The maximum absolute atomic E-state index is 11.0. The highest BCUT2D eigenvalue weighted by molar-refractivity contribution is 7.86. The fourth-order valence-electron chi connectivity index (χ4n) is 1.19. The summed E-state index contributed by atoms with van der Waals surface area (Å²) < 4.78 is 31.6. The molecule has 0 aromatic heterocycles. The van der Waals surface area contributed by atoms with Crippen LogP contribution in [0, 0.1) is 4.91 Å². The van der Waals surface area contributed by atoms with Gasteiger partial charge >= 0.3 is 10.1 Å². The van der Waals surface area contributed by atoms with Crippen LogP contribution >= 0.6 is 0 Å². The van der Waals surface area contributed by atoms with Crippen LogP contribution in [0.2, 0.25) is 0 Å². The van der Waals surface area contributed by atoms with Crippen molar-refractivity contribution >= 4 is 15.8 Å². The van der Waals surface area contributed by atoms with E-state index in [0.29, 0.717) is 11.4 Å². The van der Waals surface area contributed by atoms with Gasteiger partial charge in [0, 0.05) is 13.1 Å². The molecule has 0 aliphatic rings. The molecule has 0 aliphatic carbocycles. The molecule has 0 atom stereocenters. The molecule has 94 valence electrons. The number of nitroso groups, excluding NO2 is 1. The minimum absolute atomic E-state index is 0.0822. The van der Waals surface area contributed by atoms with E-state index in [0.717, 1.165) is 11.3 Å². The Bertz CT molecular complexity index is 514. The first-order valence-electron chi connectivity index (χ1n) is 4.52. The molecule has 17 heavy (non-hydrogen) atoms. The molecule has 0 radical (unpaired) electrons. The second kappa shape index (κ2) is 5.00. The molecule has 1 rings (SSSR count). The van der Waals surface area contributed by atoms with Gasteiger partial charge in [0.2, 0.25) is 0 Å². The van der Waals surface area contributed by atoms with Crippen molar-refractivity contribution in [2.24, 2.45) is 5.29 Å². The molecular formula is C9H12N2O5S. The Morgan fingerprint density at radius 1 is 1.35 bits per heavy atom. The van der Waals surface area contributed by atoms with Crippen LogP contribution in [0.15, 0.2) is 23.5 Å². The minimum Gasteiger partial charge on any atom is -0.495 e. The van der Waals surface area contributed by atoms with E-state index in [9.17, 15) is 13.3 Å². The van der Waals surface area contributed by atoms with Crippen molar-refractivity contribution in [1.82, 2.24) is 0 Å². The number of ether oxygens (including phenoxy) is 1. The third-order valence-corrected chi connectivity index (χ3v) is 2.36. The van der Waals surface area contributed by atoms with Crippen molar-refractivity contribution in [2.75, 3.05) is 25.4 Å². The SMILES string of the molecule is COc1ccc(OS(C)(=O)=O)cc1N(C)N=O. The first-order chi connectivity index (χ1) is 7.87. The van der Waals surface area contributed by atoms with Gasteiger partial charge < -0.3 is 8.92 Å². The van der Waals surface area contributed by atoms with Crippen LogP contribution in [0.3, 0.4) is 0 Å². The Kier molecular flexibility index (Phi) is 3.89. The molecule has 0 saturated heterocycles. The van der Waals surface area contributed by atoms with Crippen molar-refractivity contribution in [3.63, 3.8) is 0 Å². The fraction of sp³-hybridized carbons (Fsp3) is 0.333. The molecule has 8 heteroatoms. The van der Waals surface area contributed by atoms with Gasteiger partial charge in [0.15, 0.2) is 0 Å². The van der Waals surface area contributed by atoms with E-state index in [1.807, 2.05) is 0 Å². The molecule has 0 aliphatic heterocycles. The predicted molar refractivity (Wildman–Crippen MR) is 62.7 cm³/mol. The van der Waals surface area contributed by atoms with Gasteiger partial charge in [-0.05, 0) is 12.1 Å². The normalized spacial score (nSPS) is 10.8. The molecule has 0 saturated carbocycles. The molecule has 1 aromatic carbocycles. The highest BCUT2D eigenvalue weighted by Gasteiger charge is 2.12. The van der Waals surface area contributed by atoms with Crippen molar-refractivity contribution < 1.29 is 17.3 Å². The fourth-order valence-corrected chi connectivity index (χ4v) is 1.65. The Labute approximate surface area is 99.0 Å².